The fourth-order valence-electron chi connectivity index (χ4n) is 1.61. The Balaban J connectivity index is 2.90. The van der Waals surface area contributed by atoms with Crippen molar-refractivity contribution in [1.29, 1.82) is 0 Å². The Bertz CT molecular complexity index is 444. The van der Waals surface area contributed by atoms with E-state index in [-0.39, 0.29) is 23.0 Å². The normalized spacial score (nSPS) is 12.5. The number of nitro groups is 1. The number of benzene rings is 1. The van der Waals surface area contributed by atoms with Crippen molar-refractivity contribution in [3.05, 3.63) is 33.9 Å². The van der Waals surface area contributed by atoms with Gasteiger partial charge in [0.15, 0.2) is 0 Å². The quantitative estimate of drug-likeness (QED) is 0.607. The highest BCUT2D eigenvalue weighted by Gasteiger charge is 2.18. The molecule has 0 amide bonds. The summed E-state index contributed by atoms with van der Waals surface area (Å²) in [4.78, 5) is 9.91. The Hall–Kier alpha value is -1.37. The maximum absolute atomic E-state index is 12.9. The molecule has 0 aromatic heterocycles. The molecular formula is C12H16F2N2O2S. The first-order chi connectivity index (χ1) is 8.95. The number of halogens is 2. The molecule has 1 aromatic carbocycles. The van der Waals surface area contributed by atoms with Crippen LogP contribution in [-0.4, -0.2) is 23.0 Å². The second kappa shape index (κ2) is 7.28. The van der Waals surface area contributed by atoms with Crippen LogP contribution in [0.15, 0.2) is 18.2 Å². The van der Waals surface area contributed by atoms with Gasteiger partial charge >= 0.3 is 0 Å². The van der Waals surface area contributed by atoms with E-state index in [1.165, 1.54) is 12.1 Å². The van der Waals surface area contributed by atoms with Crippen LogP contribution in [0.4, 0.5) is 20.2 Å². The van der Waals surface area contributed by atoms with Gasteiger partial charge in [0.2, 0.25) is 0 Å². The summed E-state index contributed by atoms with van der Waals surface area (Å²) in [6.07, 6.45) is 0.0689. The van der Waals surface area contributed by atoms with Crippen molar-refractivity contribution in [3.63, 3.8) is 0 Å². The lowest BCUT2D eigenvalue weighted by Gasteiger charge is -2.17. The molecule has 1 rings (SSSR count). The molecule has 106 valence electrons. The van der Waals surface area contributed by atoms with Crippen molar-refractivity contribution in [2.24, 2.45) is 0 Å². The Kier molecular flexibility index (Phi) is 6.01. The maximum Gasteiger partial charge on any atom is 0.270 e. The van der Waals surface area contributed by atoms with Crippen LogP contribution in [0.25, 0.3) is 0 Å². The van der Waals surface area contributed by atoms with Gasteiger partial charge in [-0.2, -0.15) is 11.8 Å². The summed E-state index contributed by atoms with van der Waals surface area (Å²) in [5, 5.41) is 13.6. The standard InChI is InChI=1S/C12H16F2N2O2S/c1-8(5-6-19-2)15-11-4-3-9(16(17)18)7-10(11)12(13)14/h3-4,7-8,12,15H,5-6H2,1-2H3. The van der Waals surface area contributed by atoms with Gasteiger partial charge in [-0.15, -0.1) is 0 Å². The number of nitro benzene ring substituents is 1. The molecule has 0 aliphatic heterocycles. The van der Waals surface area contributed by atoms with E-state index >= 15 is 0 Å². The van der Waals surface area contributed by atoms with Crippen LogP contribution in [0.5, 0.6) is 0 Å². The van der Waals surface area contributed by atoms with Crippen LogP contribution < -0.4 is 5.32 Å². The van der Waals surface area contributed by atoms with E-state index in [0.29, 0.717) is 0 Å². The smallest absolute Gasteiger partial charge is 0.270 e. The van der Waals surface area contributed by atoms with Crippen LogP contribution in [0.1, 0.15) is 25.3 Å². The van der Waals surface area contributed by atoms with E-state index in [2.05, 4.69) is 5.32 Å². The molecule has 4 nitrogen and oxygen atoms in total. The molecule has 1 atom stereocenters. The molecule has 7 heteroatoms. The predicted octanol–water partition coefficient (Wildman–Crippen LogP) is 4.09. The van der Waals surface area contributed by atoms with Crippen LogP contribution in [0.3, 0.4) is 0 Å². The molecule has 0 fully saturated rings. The fraction of sp³-hybridized carbons (Fsp3) is 0.500. The topological polar surface area (TPSA) is 55.2 Å². The second-order valence-corrected chi connectivity index (χ2v) is 5.14. The fourth-order valence-corrected chi connectivity index (χ4v) is 2.20. The molecule has 0 heterocycles. The lowest BCUT2D eigenvalue weighted by molar-refractivity contribution is -0.385. The highest BCUT2D eigenvalue weighted by molar-refractivity contribution is 7.98. The van der Waals surface area contributed by atoms with Crippen LogP contribution in [-0.2, 0) is 0 Å². The number of thioether (sulfide) groups is 1. The van der Waals surface area contributed by atoms with E-state index in [4.69, 9.17) is 0 Å². The average molecular weight is 290 g/mol. The van der Waals surface area contributed by atoms with Gasteiger partial charge in [0.05, 0.1) is 4.92 Å². The third-order valence-electron chi connectivity index (χ3n) is 2.64. The van der Waals surface area contributed by atoms with Crippen molar-refractivity contribution in [2.45, 2.75) is 25.8 Å². The van der Waals surface area contributed by atoms with E-state index in [9.17, 15) is 18.9 Å². The number of anilines is 1. The van der Waals surface area contributed by atoms with Crippen LogP contribution in [0, 0.1) is 10.1 Å². The minimum absolute atomic E-state index is 0.0337. The molecule has 1 N–H and O–H groups in total. The van der Waals surface area contributed by atoms with E-state index < -0.39 is 11.3 Å². The van der Waals surface area contributed by atoms with Crippen molar-refractivity contribution < 1.29 is 13.7 Å². The summed E-state index contributed by atoms with van der Waals surface area (Å²) in [7, 11) is 0. The Morgan fingerprint density at radius 1 is 1.47 bits per heavy atom. The first kappa shape index (κ1) is 15.7. The summed E-state index contributed by atoms with van der Waals surface area (Å²) in [5.74, 6) is 0.922. The summed E-state index contributed by atoms with van der Waals surface area (Å²) < 4.78 is 25.8. The number of alkyl halides is 2. The van der Waals surface area contributed by atoms with Gasteiger partial charge in [-0.3, -0.25) is 10.1 Å². The zero-order valence-corrected chi connectivity index (χ0v) is 11.5. The second-order valence-electron chi connectivity index (χ2n) is 4.16. The predicted molar refractivity (Wildman–Crippen MR) is 74.1 cm³/mol. The van der Waals surface area contributed by atoms with Gasteiger partial charge in [-0.25, -0.2) is 8.78 Å². The minimum Gasteiger partial charge on any atom is -0.382 e. The van der Waals surface area contributed by atoms with Crippen LogP contribution in [0.2, 0.25) is 0 Å². The highest BCUT2D eigenvalue weighted by atomic mass is 32.2. The molecule has 19 heavy (non-hydrogen) atoms. The Morgan fingerprint density at radius 3 is 2.68 bits per heavy atom. The molecule has 0 aliphatic rings. The third kappa shape index (κ3) is 4.66. The summed E-state index contributed by atoms with van der Waals surface area (Å²) >= 11 is 1.68. The number of hydrogen-bond donors (Lipinski definition) is 1. The Morgan fingerprint density at radius 2 is 2.16 bits per heavy atom. The lowest BCUT2D eigenvalue weighted by Crippen LogP contribution is -2.17. The maximum atomic E-state index is 12.9. The zero-order valence-electron chi connectivity index (χ0n) is 10.7. The van der Waals surface area contributed by atoms with Gasteiger partial charge in [0.1, 0.15) is 0 Å². The zero-order chi connectivity index (χ0) is 14.4. The molecule has 0 aliphatic carbocycles. The molecule has 0 radical (unpaired) electrons. The molecule has 1 aromatic rings. The summed E-state index contributed by atoms with van der Waals surface area (Å²) in [6.45, 7) is 1.90. The molecule has 0 bridgehead atoms. The molecule has 1 unspecified atom stereocenters. The largest absolute Gasteiger partial charge is 0.382 e. The first-order valence-electron chi connectivity index (χ1n) is 5.77. The number of rotatable bonds is 7. The van der Waals surface area contributed by atoms with Crippen LogP contribution >= 0.6 is 11.8 Å². The lowest BCUT2D eigenvalue weighted by atomic mass is 10.1. The molecule has 0 spiro atoms. The van der Waals surface area contributed by atoms with Gasteiger partial charge in [0.25, 0.3) is 12.1 Å². The summed E-state index contributed by atoms with van der Waals surface area (Å²) in [6, 6.07) is 3.53. The van der Waals surface area contributed by atoms with Crippen molar-refractivity contribution in [1.82, 2.24) is 0 Å². The van der Waals surface area contributed by atoms with Crippen molar-refractivity contribution in [2.75, 3.05) is 17.3 Å². The van der Waals surface area contributed by atoms with E-state index in [0.717, 1.165) is 18.2 Å². The molecular weight excluding hydrogens is 274 g/mol. The summed E-state index contributed by atoms with van der Waals surface area (Å²) in [5.41, 5.74) is -0.392. The number of nitrogens with one attached hydrogen (secondary N) is 1. The first-order valence-corrected chi connectivity index (χ1v) is 7.17. The van der Waals surface area contributed by atoms with Crippen molar-refractivity contribution in [3.8, 4) is 0 Å². The molecule has 0 saturated heterocycles. The number of hydrogen-bond acceptors (Lipinski definition) is 4. The van der Waals surface area contributed by atoms with Gasteiger partial charge in [-0.1, -0.05) is 0 Å². The Labute approximate surface area is 114 Å². The number of nitrogens with zero attached hydrogens (tertiary/aromatic N) is 1. The van der Waals surface area contributed by atoms with Crippen molar-refractivity contribution >= 4 is 23.1 Å². The minimum atomic E-state index is -2.74. The van der Waals surface area contributed by atoms with Gasteiger partial charge in [-0.05, 0) is 31.4 Å². The average Bonchev–Trinajstić information content (AvgIpc) is 2.36. The molecule has 0 saturated carbocycles. The van der Waals surface area contributed by atoms with Gasteiger partial charge in [0, 0.05) is 29.4 Å². The monoisotopic (exact) mass is 290 g/mol. The highest BCUT2D eigenvalue weighted by Crippen LogP contribution is 2.31. The van der Waals surface area contributed by atoms with E-state index in [1.807, 2.05) is 13.2 Å². The van der Waals surface area contributed by atoms with E-state index in [1.54, 1.807) is 11.8 Å². The third-order valence-corrected chi connectivity index (χ3v) is 3.28. The number of non-ortho nitro benzene ring substituents is 1. The van der Waals surface area contributed by atoms with Gasteiger partial charge < -0.3 is 5.32 Å². The SMILES string of the molecule is CSCCC(C)Nc1ccc([N+](=O)[O-])cc1C(F)F.